The highest BCUT2D eigenvalue weighted by molar-refractivity contribution is 6.42. The van der Waals surface area contributed by atoms with E-state index in [1.54, 1.807) is 18.2 Å². The molecule has 3 rings (SSSR count). The van der Waals surface area contributed by atoms with Crippen LogP contribution in [0.4, 0.5) is 5.69 Å². The number of aryl methyl sites for hydroxylation is 2. The number of pyridine rings is 1. The van der Waals surface area contributed by atoms with Crippen LogP contribution in [0.2, 0.25) is 10.0 Å². The molecule has 0 saturated heterocycles. The Hall–Kier alpha value is -2.04. The zero-order chi connectivity index (χ0) is 15.9. The number of amides is 1. The molecule has 1 aromatic carbocycles. The molecule has 112 valence electrons. The van der Waals surface area contributed by atoms with Crippen molar-refractivity contribution in [3.63, 3.8) is 0 Å². The number of carbonyl (C=O) groups excluding carboxylic acids is 1. The van der Waals surface area contributed by atoms with E-state index in [-0.39, 0.29) is 5.91 Å². The van der Waals surface area contributed by atoms with Gasteiger partial charge in [0.2, 0.25) is 0 Å². The SMILES string of the molecule is Cc1nc2ccc(NC(=O)c3ccc(Cl)c(Cl)c3)cn2c1C. The summed E-state index contributed by atoms with van der Waals surface area (Å²) in [6, 6.07) is 8.46. The predicted molar refractivity (Wildman–Crippen MR) is 89.1 cm³/mol. The molecule has 2 aromatic heterocycles. The van der Waals surface area contributed by atoms with Gasteiger partial charge in [0.05, 0.1) is 21.4 Å². The molecule has 6 heteroatoms. The minimum absolute atomic E-state index is 0.243. The third kappa shape index (κ3) is 2.67. The second-order valence-corrected chi connectivity index (χ2v) is 5.83. The summed E-state index contributed by atoms with van der Waals surface area (Å²) in [5.41, 5.74) is 3.99. The Morgan fingerprint density at radius 3 is 2.64 bits per heavy atom. The molecule has 0 aliphatic carbocycles. The first-order valence-corrected chi connectivity index (χ1v) is 7.43. The van der Waals surface area contributed by atoms with Gasteiger partial charge in [0.1, 0.15) is 5.65 Å². The summed E-state index contributed by atoms with van der Waals surface area (Å²) in [6.07, 6.45) is 1.85. The van der Waals surface area contributed by atoms with E-state index in [1.807, 2.05) is 36.6 Å². The molecule has 3 aromatic rings. The van der Waals surface area contributed by atoms with Crippen molar-refractivity contribution in [3.05, 3.63) is 63.5 Å². The van der Waals surface area contributed by atoms with E-state index in [9.17, 15) is 4.79 Å². The monoisotopic (exact) mass is 333 g/mol. The Morgan fingerprint density at radius 1 is 1.14 bits per heavy atom. The topological polar surface area (TPSA) is 46.4 Å². The van der Waals surface area contributed by atoms with E-state index >= 15 is 0 Å². The summed E-state index contributed by atoms with van der Waals surface area (Å²) in [5, 5.41) is 3.62. The summed E-state index contributed by atoms with van der Waals surface area (Å²) in [5.74, 6) is -0.243. The summed E-state index contributed by atoms with van der Waals surface area (Å²) < 4.78 is 1.94. The summed E-state index contributed by atoms with van der Waals surface area (Å²) in [7, 11) is 0. The molecular formula is C16H13Cl2N3O. The number of halogens is 2. The molecule has 22 heavy (non-hydrogen) atoms. The van der Waals surface area contributed by atoms with E-state index in [0.717, 1.165) is 17.0 Å². The maximum Gasteiger partial charge on any atom is 0.255 e. The molecule has 0 radical (unpaired) electrons. The molecule has 2 heterocycles. The van der Waals surface area contributed by atoms with Crippen LogP contribution < -0.4 is 5.32 Å². The van der Waals surface area contributed by atoms with Gasteiger partial charge in [-0.3, -0.25) is 4.79 Å². The standard InChI is InChI=1S/C16H13Cl2N3O/c1-9-10(2)21-8-12(4-6-15(21)19-9)20-16(22)11-3-5-13(17)14(18)7-11/h3-8H,1-2H3,(H,20,22). The van der Waals surface area contributed by atoms with Crippen LogP contribution in [0.25, 0.3) is 5.65 Å². The number of hydrogen-bond acceptors (Lipinski definition) is 2. The van der Waals surface area contributed by atoms with Gasteiger partial charge >= 0.3 is 0 Å². The fraction of sp³-hybridized carbons (Fsp3) is 0.125. The molecule has 0 aliphatic heterocycles. The number of rotatable bonds is 2. The Bertz CT molecular complexity index is 886. The van der Waals surface area contributed by atoms with Gasteiger partial charge in [-0.15, -0.1) is 0 Å². The second-order valence-electron chi connectivity index (χ2n) is 5.01. The normalized spacial score (nSPS) is 10.9. The van der Waals surface area contributed by atoms with Gasteiger partial charge in [0, 0.05) is 17.5 Å². The summed E-state index contributed by atoms with van der Waals surface area (Å²) in [4.78, 5) is 16.7. The number of carbonyl (C=O) groups is 1. The van der Waals surface area contributed by atoms with Crippen molar-refractivity contribution in [3.8, 4) is 0 Å². The van der Waals surface area contributed by atoms with E-state index in [2.05, 4.69) is 10.3 Å². The number of nitrogens with one attached hydrogen (secondary N) is 1. The lowest BCUT2D eigenvalue weighted by Crippen LogP contribution is -2.12. The number of nitrogens with zero attached hydrogens (tertiary/aromatic N) is 2. The van der Waals surface area contributed by atoms with Crippen molar-refractivity contribution in [2.75, 3.05) is 5.32 Å². The van der Waals surface area contributed by atoms with E-state index in [1.165, 1.54) is 0 Å². The zero-order valence-corrected chi connectivity index (χ0v) is 13.5. The number of hydrogen-bond donors (Lipinski definition) is 1. The number of benzene rings is 1. The van der Waals surface area contributed by atoms with Crippen molar-refractivity contribution in [1.82, 2.24) is 9.38 Å². The second kappa shape index (κ2) is 5.63. The number of fused-ring (bicyclic) bond motifs is 1. The van der Waals surface area contributed by atoms with Gasteiger partial charge in [-0.2, -0.15) is 0 Å². The van der Waals surface area contributed by atoms with Crippen molar-refractivity contribution < 1.29 is 4.79 Å². The molecule has 0 spiro atoms. The number of imidazole rings is 1. The fourth-order valence-corrected chi connectivity index (χ4v) is 2.49. The molecule has 0 unspecified atom stereocenters. The minimum atomic E-state index is -0.243. The summed E-state index contributed by atoms with van der Waals surface area (Å²) in [6.45, 7) is 3.94. The van der Waals surface area contributed by atoms with Gasteiger partial charge in [-0.1, -0.05) is 23.2 Å². The van der Waals surface area contributed by atoms with E-state index < -0.39 is 0 Å². The van der Waals surface area contributed by atoms with Crippen LogP contribution >= 0.6 is 23.2 Å². The Balaban J connectivity index is 1.90. The Morgan fingerprint density at radius 2 is 1.91 bits per heavy atom. The quantitative estimate of drug-likeness (QED) is 0.749. The minimum Gasteiger partial charge on any atom is -0.321 e. The average Bonchev–Trinajstić information content (AvgIpc) is 2.77. The Labute approximate surface area is 137 Å². The molecule has 1 N–H and O–H groups in total. The third-order valence-corrected chi connectivity index (χ3v) is 4.27. The van der Waals surface area contributed by atoms with Gasteiger partial charge in [-0.25, -0.2) is 4.98 Å². The molecule has 0 fully saturated rings. The van der Waals surface area contributed by atoms with Crippen LogP contribution in [0, 0.1) is 13.8 Å². The largest absolute Gasteiger partial charge is 0.321 e. The fourth-order valence-electron chi connectivity index (χ4n) is 2.19. The first kappa shape index (κ1) is 14.9. The van der Waals surface area contributed by atoms with Crippen molar-refractivity contribution in [2.24, 2.45) is 0 Å². The van der Waals surface area contributed by atoms with Crippen molar-refractivity contribution in [2.45, 2.75) is 13.8 Å². The van der Waals surface area contributed by atoms with Crippen LogP contribution in [0.5, 0.6) is 0 Å². The molecule has 4 nitrogen and oxygen atoms in total. The maximum atomic E-state index is 12.3. The predicted octanol–water partition coefficient (Wildman–Crippen LogP) is 4.51. The van der Waals surface area contributed by atoms with Crippen LogP contribution in [-0.2, 0) is 0 Å². The molecule has 0 saturated carbocycles. The first-order valence-electron chi connectivity index (χ1n) is 6.67. The Kier molecular flexibility index (Phi) is 3.81. The average molecular weight is 334 g/mol. The van der Waals surface area contributed by atoms with E-state index in [0.29, 0.717) is 21.3 Å². The molecular weight excluding hydrogens is 321 g/mol. The van der Waals surface area contributed by atoms with Crippen molar-refractivity contribution in [1.29, 1.82) is 0 Å². The van der Waals surface area contributed by atoms with Crippen LogP contribution in [-0.4, -0.2) is 15.3 Å². The first-order chi connectivity index (χ1) is 10.5. The van der Waals surface area contributed by atoms with Gasteiger partial charge < -0.3 is 9.72 Å². The number of aromatic nitrogens is 2. The van der Waals surface area contributed by atoms with E-state index in [4.69, 9.17) is 23.2 Å². The highest BCUT2D eigenvalue weighted by Crippen LogP contribution is 2.23. The highest BCUT2D eigenvalue weighted by atomic mass is 35.5. The van der Waals surface area contributed by atoms with Gasteiger partial charge in [0.25, 0.3) is 5.91 Å². The molecule has 0 aliphatic rings. The molecule has 1 amide bonds. The van der Waals surface area contributed by atoms with Crippen molar-refractivity contribution >= 4 is 40.4 Å². The lowest BCUT2D eigenvalue weighted by molar-refractivity contribution is 0.102. The van der Waals surface area contributed by atoms with Gasteiger partial charge in [-0.05, 0) is 44.2 Å². The molecule has 0 atom stereocenters. The molecule has 0 bridgehead atoms. The van der Waals surface area contributed by atoms with Crippen LogP contribution in [0.3, 0.4) is 0 Å². The van der Waals surface area contributed by atoms with Gasteiger partial charge in [0.15, 0.2) is 0 Å². The van der Waals surface area contributed by atoms with Crippen LogP contribution in [0.1, 0.15) is 21.7 Å². The third-order valence-electron chi connectivity index (χ3n) is 3.53. The lowest BCUT2D eigenvalue weighted by Gasteiger charge is -2.07. The number of anilines is 1. The smallest absolute Gasteiger partial charge is 0.255 e. The maximum absolute atomic E-state index is 12.3. The highest BCUT2D eigenvalue weighted by Gasteiger charge is 2.10. The zero-order valence-electron chi connectivity index (χ0n) is 12.0. The lowest BCUT2D eigenvalue weighted by atomic mass is 10.2. The van der Waals surface area contributed by atoms with Crippen LogP contribution in [0.15, 0.2) is 36.5 Å². The summed E-state index contributed by atoms with van der Waals surface area (Å²) >= 11 is 11.8.